The second-order valence-electron chi connectivity index (χ2n) is 9.99. The van der Waals surface area contributed by atoms with Crippen molar-refractivity contribution in [2.24, 2.45) is 5.73 Å². The Morgan fingerprint density at radius 2 is 1.90 bits per heavy atom. The summed E-state index contributed by atoms with van der Waals surface area (Å²) in [5.41, 5.74) is 6.53. The molecule has 1 amide bonds. The summed E-state index contributed by atoms with van der Waals surface area (Å²) in [7, 11) is 0. The first-order chi connectivity index (χ1) is 19.6. The van der Waals surface area contributed by atoms with Crippen LogP contribution in [0.25, 0.3) is 22.2 Å². The molecular formula is C27H24F3N5O6. The molecule has 0 bridgehead atoms. The maximum Gasteiger partial charge on any atom is 0.249 e. The highest BCUT2D eigenvalue weighted by molar-refractivity contribution is 6.05. The molecule has 0 aliphatic carbocycles. The Labute approximate surface area is 229 Å². The van der Waals surface area contributed by atoms with Gasteiger partial charge in [0.2, 0.25) is 11.7 Å². The van der Waals surface area contributed by atoms with Gasteiger partial charge in [0, 0.05) is 22.2 Å². The molecule has 4 heterocycles. The van der Waals surface area contributed by atoms with Crippen molar-refractivity contribution in [1.29, 1.82) is 0 Å². The summed E-state index contributed by atoms with van der Waals surface area (Å²) in [6.07, 6.45) is -2.77. The first-order valence-electron chi connectivity index (χ1n) is 12.7. The zero-order valence-corrected chi connectivity index (χ0v) is 21.2. The van der Waals surface area contributed by atoms with E-state index in [2.05, 4.69) is 15.3 Å². The summed E-state index contributed by atoms with van der Waals surface area (Å²) in [6, 6.07) is 8.46. The van der Waals surface area contributed by atoms with Gasteiger partial charge in [-0.15, -0.1) is 5.10 Å². The molecule has 11 nitrogen and oxygen atoms in total. The predicted octanol–water partition coefficient (Wildman–Crippen LogP) is 1.56. The first-order valence-corrected chi connectivity index (χ1v) is 12.7. The van der Waals surface area contributed by atoms with Gasteiger partial charge in [-0.25, -0.2) is 17.9 Å². The summed E-state index contributed by atoms with van der Waals surface area (Å²) in [4.78, 5) is 16.5. The van der Waals surface area contributed by atoms with Gasteiger partial charge in [-0.3, -0.25) is 9.78 Å². The van der Waals surface area contributed by atoms with Crippen molar-refractivity contribution in [3.05, 3.63) is 77.4 Å². The third-order valence-corrected chi connectivity index (χ3v) is 7.67. The molecule has 0 saturated carbocycles. The number of carbonyl (C=O) groups excluding carboxylic acids is 1. The smallest absolute Gasteiger partial charge is 0.249 e. The Balaban J connectivity index is 1.39. The summed E-state index contributed by atoms with van der Waals surface area (Å²) in [6.45, 7) is -0.508. The minimum absolute atomic E-state index is 0.0615. The molecule has 1 spiro atoms. The van der Waals surface area contributed by atoms with Crippen LogP contribution < -0.4 is 5.73 Å². The molecule has 2 aromatic heterocycles. The highest BCUT2D eigenvalue weighted by Gasteiger charge is 2.62. The van der Waals surface area contributed by atoms with Crippen LogP contribution in [-0.2, 0) is 9.47 Å². The number of aromatic nitrogens is 4. The fourth-order valence-corrected chi connectivity index (χ4v) is 5.70. The Kier molecular flexibility index (Phi) is 6.74. The van der Waals surface area contributed by atoms with Gasteiger partial charge in [-0.05, 0) is 36.8 Å². The van der Waals surface area contributed by atoms with E-state index in [1.165, 1.54) is 6.20 Å². The number of rotatable bonds is 5. The molecule has 2 saturated heterocycles. The molecule has 0 radical (unpaired) electrons. The number of benzene rings is 2. The van der Waals surface area contributed by atoms with Gasteiger partial charge in [0.15, 0.2) is 17.5 Å². The molecule has 2 aliphatic rings. The fourth-order valence-electron chi connectivity index (χ4n) is 5.70. The molecule has 2 aliphatic heterocycles. The third-order valence-electron chi connectivity index (χ3n) is 7.67. The van der Waals surface area contributed by atoms with E-state index in [0.29, 0.717) is 28.6 Å². The van der Waals surface area contributed by atoms with E-state index in [0.717, 1.165) is 16.8 Å². The van der Waals surface area contributed by atoms with Gasteiger partial charge in [0.05, 0.1) is 30.8 Å². The Morgan fingerprint density at radius 3 is 2.61 bits per heavy atom. The number of halogens is 3. The molecule has 6 rings (SSSR count). The normalized spacial score (nSPS) is 28.0. The van der Waals surface area contributed by atoms with Crippen LogP contribution in [0.1, 0.15) is 34.4 Å². The number of amides is 1. The van der Waals surface area contributed by atoms with Crippen LogP contribution in [0, 0.1) is 17.5 Å². The summed E-state index contributed by atoms with van der Waals surface area (Å²) < 4.78 is 54.3. The Hall–Kier alpha value is -3.95. The zero-order valence-electron chi connectivity index (χ0n) is 21.2. The van der Waals surface area contributed by atoms with E-state index < -0.39 is 66.0 Å². The van der Waals surface area contributed by atoms with Crippen LogP contribution in [0.3, 0.4) is 0 Å². The van der Waals surface area contributed by atoms with E-state index in [1.54, 1.807) is 30.3 Å². The van der Waals surface area contributed by atoms with Crippen molar-refractivity contribution < 1.29 is 42.8 Å². The Bertz CT molecular complexity index is 1630. The van der Waals surface area contributed by atoms with Crippen LogP contribution in [0.5, 0.6) is 0 Å². The lowest BCUT2D eigenvalue weighted by molar-refractivity contribution is -0.344. The first kappa shape index (κ1) is 27.2. The number of nitrogens with two attached hydrogens (primary N) is 1. The average Bonchev–Trinajstić information content (AvgIpc) is 3.61. The molecule has 4 aromatic rings. The van der Waals surface area contributed by atoms with E-state index in [4.69, 9.17) is 15.2 Å². The highest BCUT2D eigenvalue weighted by atomic mass is 19.2. The second kappa shape index (κ2) is 10.2. The third kappa shape index (κ3) is 4.35. The quantitative estimate of drug-likeness (QED) is 0.260. The number of carbonyl (C=O) groups is 1. The van der Waals surface area contributed by atoms with Crippen molar-refractivity contribution in [2.45, 2.75) is 42.5 Å². The lowest BCUT2D eigenvalue weighted by atomic mass is 9.81. The molecule has 2 aromatic carbocycles. The van der Waals surface area contributed by atoms with E-state index in [9.17, 15) is 33.3 Å². The second-order valence-corrected chi connectivity index (χ2v) is 9.99. The molecule has 0 unspecified atom stereocenters. The number of ether oxygens (including phenoxy) is 2. The van der Waals surface area contributed by atoms with Crippen LogP contribution in [0.4, 0.5) is 13.2 Å². The monoisotopic (exact) mass is 571 g/mol. The number of pyridine rings is 1. The molecule has 14 heteroatoms. The molecule has 5 N–H and O–H groups in total. The van der Waals surface area contributed by atoms with E-state index in [-0.39, 0.29) is 17.9 Å². The van der Waals surface area contributed by atoms with Crippen molar-refractivity contribution in [3.63, 3.8) is 0 Å². The van der Waals surface area contributed by atoms with Crippen LogP contribution >= 0.6 is 0 Å². The van der Waals surface area contributed by atoms with Gasteiger partial charge in [-0.2, -0.15) is 0 Å². The fraction of sp³-hybridized carbons (Fsp3) is 0.333. The number of primary amides is 1. The summed E-state index contributed by atoms with van der Waals surface area (Å²) in [5.74, 6) is -7.58. The van der Waals surface area contributed by atoms with Gasteiger partial charge < -0.3 is 30.5 Å². The van der Waals surface area contributed by atoms with Gasteiger partial charge in [-0.1, -0.05) is 17.3 Å². The van der Waals surface area contributed by atoms with Crippen molar-refractivity contribution >= 4 is 16.8 Å². The van der Waals surface area contributed by atoms with E-state index >= 15 is 0 Å². The number of hydrogen-bond acceptors (Lipinski definition) is 9. The molecule has 214 valence electrons. The largest absolute Gasteiger partial charge is 0.394 e. The minimum Gasteiger partial charge on any atom is -0.394 e. The van der Waals surface area contributed by atoms with Crippen molar-refractivity contribution in [1.82, 2.24) is 20.0 Å². The molecule has 6 atom stereocenters. The van der Waals surface area contributed by atoms with Gasteiger partial charge in [0.25, 0.3) is 0 Å². The highest BCUT2D eigenvalue weighted by Crippen LogP contribution is 2.50. The predicted molar refractivity (Wildman–Crippen MR) is 135 cm³/mol. The number of aliphatic hydroxyl groups is 3. The lowest BCUT2D eigenvalue weighted by Crippen LogP contribution is -2.64. The minimum atomic E-state index is -1.79. The number of fused-ring (bicyclic) bond motifs is 1. The van der Waals surface area contributed by atoms with E-state index in [1.807, 2.05) is 0 Å². The lowest BCUT2D eigenvalue weighted by Gasteiger charge is -2.49. The maximum atomic E-state index is 13.8. The molecule has 2 fully saturated rings. The van der Waals surface area contributed by atoms with Crippen LogP contribution in [-0.4, -0.2) is 78.5 Å². The summed E-state index contributed by atoms with van der Waals surface area (Å²) >= 11 is 0. The maximum absolute atomic E-state index is 13.8. The topological polar surface area (TPSA) is 166 Å². The number of hydrogen-bond donors (Lipinski definition) is 4. The molecule has 41 heavy (non-hydrogen) atoms. The van der Waals surface area contributed by atoms with Gasteiger partial charge in [0.1, 0.15) is 30.0 Å². The number of nitrogens with zero attached hydrogens (tertiary/aromatic N) is 4. The standard InChI is InChI=1S/C27H24F3N5O6/c28-16-8-12(9-17(29)22(16)30)20-10-35(34-33-20)23-24(37)21(11-36)41-27(25(23)38)15(6-7-40-27)19-5-4-13-14(26(31)39)2-1-3-18(13)32-19/h1-5,8-10,15,21,23-25,36-38H,6-7,11H2,(H2,31,39)/t15-,21-,23+,24+,25-,27+/m1/s1. The SMILES string of the molecule is NC(=O)c1cccc2nc([C@H]3CCO[C@]34O[C@H](CO)[C@H](O)[C@H](n3cc(-c5cc(F)c(F)c(F)c5)nn3)[C@H]4O)ccc12. The average molecular weight is 572 g/mol. The van der Waals surface area contributed by atoms with Crippen molar-refractivity contribution in [2.75, 3.05) is 13.2 Å². The summed E-state index contributed by atoms with van der Waals surface area (Å²) in [5, 5.41) is 41.2. The zero-order chi connectivity index (χ0) is 29.1. The number of aliphatic hydroxyl groups excluding tert-OH is 3. The van der Waals surface area contributed by atoms with Gasteiger partial charge >= 0.3 is 0 Å². The van der Waals surface area contributed by atoms with Crippen LogP contribution in [0.2, 0.25) is 0 Å². The molecular weight excluding hydrogens is 547 g/mol. The van der Waals surface area contributed by atoms with Crippen LogP contribution in [0.15, 0.2) is 48.7 Å². The Morgan fingerprint density at radius 1 is 1.15 bits per heavy atom. The van der Waals surface area contributed by atoms with Crippen molar-refractivity contribution in [3.8, 4) is 11.3 Å².